The van der Waals surface area contributed by atoms with Crippen LogP contribution in [0.1, 0.15) is 16.1 Å². The van der Waals surface area contributed by atoms with Gasteiger partial charge in [0.2, 0.25) is 0 Å². The van der Waals surface area contributed by atoms with Crippen LogP contribution in [0.5, 0.6) is 5.75 Å². The van der Waals surface area contributed by atoms with Gasteiger partial charge in [0.25, 0.3) is 0 Å². The van der Waals surface area contributed by atoms with Crippen molar-refractivity contribution in [3.05, 3.63) is 40.7 Å². The molecule has 21 heavy (non-hydrogen) atoms. The average molecular weight is 321 g/mol. The Morgan fingerprint density at radius 1 is 1.38 bits per heavy atom. The van der Waals surface area contributed by atoms with Gasteiger partial charge in [-0.1, -0.05) is 23.7 Å². The number of para-hydroxylation sites is 2. The highest BCUT2D eigenvalue weighted by atomic mass is 35.5. The second kappa shape index (κ2) is 5.28. The minimum atomic E-state index is -4.94. The topological polar surface area (TPSA) is 64.4 Å². The monoisotopic (exact) mass is 320 g/mol. The van der Waals surface area contributed by atoms with Gasteiger partial charge in [0.05, 0.1) is 7.11 Å². The molecule has 0 amide bonds. The summed E-state index contributed by atoms with van der Waals surface area (Å²) in [5, 5.41) is 11.6. The molecule has 0 fully saturated rings. The van der Waals surface area contributed by atoms with Crippen molar-refractivity contribution < 1.29 is 27.8 Å². The number of hydrogen-bond acceptors (Lipinski definition) is 3. The number of carboxylic acid groups (broad SMARTS) is 1. The molecular formula is C12H8ClF3N2O3. The largest absolute Gasteiger partial charge is 0.494 e. The maximum Gasteiger partial charge on any atom is 0.436 e. The van der Waals surface area contributed by atoms with E-state index in [1.165, 1.54) is 25.3 Å². The van der Waals surface area contributed by atoms with Crippen LogP contribution in [0.2, 0.25) is 5.15 Å². The summed E-state index contributed by atoms with van der Waals surface area (Å²) < 4.78 is 44.3. The summed E-state index contributed by atoms with van der Waals surface area (Å²) in [5.74, 6) is -1.61. The molecule has 0 radical (unpaired) electrons. The highest BCUT2D eigenvalue weighted by Gasteiger charge is 2.41. The normalized spacial score (nSPS) is 11.5. The first-order valence-electron chi connectivity index (χ1n) is 5.49. The van der Waals surface area contributed by atoms with Crippen LogP contribution in [0.4, 0.5) is 13.2 Å². The first kappa shape index (κ1) is 15.2. The van der Waals surface area contributed by atoms with Gasteiger partial charge in [-0.25, -0.2) is 9.48 Å². The lowest BCUT2D eigenvalue weighted by Gasteiger charge is -2.08. The number of alkyl halides is 3. The van der Waals surface area contributed by atoms with Crippen LogP contribution in [0.25, 0.3) is 5.69 Å². The fourth-order valence-corrected chi connectivity index (χ4v) is 2.05. The van der Waals surface area contributed by atoms with E-state index in [9.17, 15) is 18.0 Å². The SMILES string of the molecule is COc1ccccc1-n1nc(C(F)(F)F)c(C(=O)O)c1Cl. The van der Waals surface area contributed by atoms with Crippen molar-refractivity contribution in [1.82, 2.24) is 9.78 Å². The second-order valence-corrected chi connectivity index (χ2v) is 4.26. The van der Waals surface area contributed by atoms with E-state index < -0.39 is 28.6 Å². The van der Waals surface area contributed by atoms with Gasteiger partial charge in [-0.3, -0.25) is 0 Å². The lowest BCUT2D eigenvalue weighted by Crippen LogP contribution is -2.12. The van der Waals surface area contributed by atoms with Gasteiger partial charge in [-0.05, 0) is 12.1 Å². The number of methoxy groups -OCH3 is 1. The number of rotatable bonds is 3. The van der Waals surface area contributed by atoms with Gasteiger partial charge in [-0.2, -0.15) is 18.3 Å². The molecule has 0 saturated carbocycles. The Morgan fingerprint density at radius 2 is 2.00 bits per heavy atom. The minimum Gasteiger partial charge on any atom is -0.494 e. The van der Waals surface area contributed by atoms with Crippen LogP contribution in [0.15, 0.2) is 24.3 Å². The van der Waals surface area contributed by atoms with Crippen LogP contribution in [-0.4, -0.2) is 28.0 Å². The summed E-state index contributed by atoms with van der Waals surface area (Å²) in [4.78, 5) is 11.0. The zero-order valence-electron chi connectivity index (χ0n) is 10.5. The molecule has 0 atom stereocenters. The van der Waals surface area contributed by atoms with Crippen LogP contribution >= 0.6 is 11.6 Å². The van der Waals surface area contributed by atoms with E-state index in [-0.39, 0.29) is 11.4 Å². The van der Waals surface area contributed by atoms with E-state index in [0.29, 0.717) is 4.68 Å². The Labute approximate surface area is 121 Å². The van der Waals surface area contributed by atoms with Crippen molar-refractivity contribution in [1.29, 1.82) is 0 Å². The smallest absolute Gasteiger partial charge is 0.436 e. The number of nitrogens with zero attached hydrogens (tertiary/aromatic N) is 2. The number of ether oxygens (including phenoxy) is 1. The van der Waals surface area contributed by atoms with Gasteiger partial charge in [0.1, 0.15) is 22.2 Å². The third-order valence-corrected chi connectivity index (χ3v) is 2.97. The molecule has 0 aliphatic carbocycles. The van der Waals surface area contributed by atoms with Crippen molar-refractivity contribution >= 4 is 17.6 Å². The molecule has 5 nitrogen and oxygen atoms in total. The van der Waals surface area contributed by atoms with E-state index in [2.05, 4.69) is 5.10 Å². The molecule has 112 valence electrons. The van der Waals surface area contributed by atoms with Crippen LogP contribution in [0, 0.1) is 0 Å². The summed E-state index contributed by atoms with van der Waals surface area (Å²) in [6, 6.07) is 6.02. The summed E-state index contributed by atoms with van der Waals surface area (Å²) in [7, 11) is 1.32. The third-order valence-electron chi connectivity index (χ3n) is 2.62. The van der Waals surface area contributed by atoms with Crippen molar-refractivity contribution in [3.8, 4) is 11.4 Å². The quantitative estimate of drug-likeness (QED) is 0.943. The molecule has 0 spiro atoms. The van der Waals surface area contributed by atoms with Crippen molar-refractivity contribution in [2.75, 3.05) is 7.11 Å². The molecule has 1 aromatic heterocycles. The summed E-state index contributed by atoms with van der Waals surface area (Å²) in [6.07, 6.45) is -4.94. The number of aromatic carboxylic acids is 1. The second-order valence-electron chi connectivity index (χ2n) is 3.90. The fraction of sp³-hybridized carbons (Fsp3) is 0.167. The molecule has 2 aromatic rings. The number of carboxylic acids is 1. The number of benzene rings is 1. The Bertz CT molecular complexity index is 698. The molecule has 9 heteroatoms. The van der Waals surface area contributed by atoms with E-state index in [1.54, 1.807) is 6.07 Å². The van der Waals surface area contributed by atoms with E-state index >= 15 is 0 Å². The van der Waals surface area contributed by atoms with E-state index in [1.807, 2.05) is 0 Å². The Balaban J connectivity index is 2.75. The highest BCUT2D eigenvalue weighted by Crippen LogP contribution is 2.36. The van der Waals surface area contributed by atoms with Gasteiger partial charge < -0.3 is 9.84 Å². The maximum atomic E-state index is 12.9. The van der Waals surface area contributed by atoms with Crippen molar-refractivity contribution in [3.63, 3.8) is 0 Å². The lowest BCUT2D eigenvalue weighted by atomic mass is 10.2. The molecule has 0 aliphatic rings. The first-order chi connectivity index (χ1) is 9.77. The van der Waals surface area contributed by atoms with Gasteiger partial charge >= 0.3 is 12.1 Å². The zero-order chi connectivity index (χ0) is 15.8. The minimum absolute atomic E-state index is 0.100. The average Bonchev–Trinajstić information content (AvgIpc) is 2.76. The fourth-order valence-electron chi connectivity index (χ4n) is 1.75. The van der Waals surface area contributed by atoms with Crippen molar-refractivity contribution in [2.24, 2.45) is 0 Å². The van der Waals surface area contributed by atoms with E-state index in [0.717, 1.165) is 0 Å². The highest BCUT2D eigenvalue weighted by molar-refractivity contribution is 6.33. The Hall–Kier alpha value is -2.22. The van der Waals surface area contributed by atoms with Crippen molar-refractivity contribution in [2.45, 2.75) is 6.18 Å². The number of aromatic nitrogens is 2. The van der Waals surface area contributed by atoms with E-state index in [4.69, 9.17) is 21.4 Å². The van der Waals surface area contributed by atoms with Crippen LogP contribution in [-0.2, 0) is 6.18 Å². The van der Waals surface area contributed by atoms with Gasteiger partial charge in [0, 0.05) is 0 Å². The molecular weight excluding hydrogens is 313 g/mol. The lowest BCUT2D eigenvalue weighted by molar-refractivity contribution is -0.141. The molecule has 1 aromatic carbocycles. The Morgan fingerprint density at radius 3 is 2.48 bits per heavy atom. The molecule has 1 heterocycles. The zero-order valence-corrected chi connectivity index (χ0v) is 11.2. The molecule has 0 bridgehead atoms. The standard InChI is InChI=1S/C12H8ClF3N2O3/c1-21-7-5-3-2-4-6(7)18-10(13)8(11(19)20)9(17-18)12(14,15)16/h2-5H,1H3,(H,19,20). The molecule has 0 unspecified atom stereocenters. The van der Waals surface area contributed by atoms with Gasteiger partial charge in [-0.15, -0.1) is 0 Å². The molecule has 0 saturated heterocycles. The number of carbonyl (C=O) groups is 1. The third kappa shape index (κ3) is 2.66. The van der Waals surface area contributed by atoms with Gasteiger partial charge in [0.15, 0.2) is 5.69 Å². The Kier molecular flexibility index (Phi) is 3.82. The predicted octanol–water partition coefficient (Wildman–Crippen LogP) is 3.25. The maximum absolute atomic E-state index is 12.9. The summed E-state index contributed by atoms with van der Waals surface area (Å²) in [6.45, 7) is 0. The number of hydrogen-bond donors (Lipinski definition) is 1. The summed E-state index contributed by atoms with van der Waals surface area (Å²) >= 11 is 5.76. The molecule has 0 aliphatic heterocycles. The van der Waals surface area contributed by atoms with Crippen LogP contribution in [0.3, 0.4) is 0 Å². The summed E-state index contributed by atoms with van der Waals surface area (Å²) in [5.41, 5.74) is -2.57. The molecule has 2 rings (SSSR count). The van der Waals surface area contributed by atoms with Crippen LogP contribution < -0.4 is 4.74 Å². The first-order valence-corrected chi connectivity index (χ1v) is 5.87. The predicted molar refractivity (Wildman–Crippen MR) is 67.1 cm³/mol. The number of halogens is 4. The molecule has 1 N–H and O–H groups in total.